The number of carbonyl (C=O) groups excluding carboxylic acids is 1. The molecule has 0 aliphatic heterocycles. The highest BCUT2D eigenvalue weighted by Crippen LogP contribution is 2.56. The number of Topliss-reactive ketones (excluding diaryl/α,β-unsaturated/α-hetero) is 1. The average molecular weight is 260 g/mol. The molecule has 104 valence electrons. The summed E-state index contributed by atoms with van der Waals surface area (Å²) in [5.41, 5.74) is 2.47. The number of aryl methyl sites for hydroxylation is 1. The van der Waals surface area contributed by atoms with Crippen LogP contribution in [0.2, 0.25) is 0 Å². The van der Waals surface area contributed by atoms with Crippen molar-refractivity contribution >= 4 is 5.78 Å². The maximum absolute atomic E-state index is 11.7. The van der Waals surface area contributed by atoms with E-state index < -0.39 is 5.60 Å². The van der Waals surface area contributed by atoms with Crippen LogP contribution in [0.5, 0.6) is 0 Å². The second kappa shape index (κ2) is 3.69. The normalized spacial score (nSPS) is 27.2. The standard InChI is InChI=1S/C17H24O2/c1-10-8-13-14(9-12(10)11(2)18)16(5,6)17(7,19)15(13,3)4/h8-9,19H,1-7H3. The molecule has 0 fully saturated rings. The summed E-state index contributed by atoms with van der Waals surface area (Å²) in [4.78, 5) is 11.7. The summed E-state index contributed by atoms with van der Waals surface area (Å²) >= 11 is 0. The van der Waals surface area contributed by atoms with Crippen molar-refractivity contribution in [3.8, 4) is 0 Å². The van der Waals surface area contributed by atoms with Crippen molar-refractivity contribution in [1.29, 1.82) is 0 Å². The van der Waals surface area contributed by atoms with Gasteiger partial charge >= 0.3 is 0 Å². The average Bonchev–Trinajstić information content (AvgIpc) is 2.35. The third-order valence-electron chi connectivity index (χ3n) is 5.52. The van der Waals surface area contributed by atoms with Crippen LogP contribution in [0.3, 0.4) is 0 Å². The van der Waals surface area contributed by atoms with Crippen LogP contribution in [0, 0.1) is 6.92 Å². The molecule has 0 amide bonds. The van der Waals surface area contributed by atoms with E-state index in [1.54, 1.807) is 6.92 Å². The first-order valence-electron chi connectivity index (χ1n) is 6.83. The minimum absolute atomic E-state index is 0.0837. The molecule has 1 atom stereocenters. The van der Waals surface area contributed by atoms with Crippen LogP contribution in [-0.2, 0) is 10.8 Å². The molecule has 0 heterocycles. The smallest absolute Gasteiger partial charge is 0.160 e. The van der Waals surface area contributed by atoms with E-state index in [4.69, 9.17) is 0 Å². The molecule has 2 rings (SSSR count). The van der Waals surface area contributed by atoms with Gasteiger partial charge in [0.05, 0.1) is 5.60 Å². The number of benzene rings is 1. The molecular weight excluding hydrogens is 236 g/mol. The Labute approximate surface area is 115 Å². The van der Waals surface area contributed by atoms with Gasteiger partial charge in [0.25, 0.3) is 0 Å². The van der Waals surface area contributed by atoms with Gasteiger partial charge in [-0.15, -0.1) is 0 Å². The summed E-state index contributed by atoms with van der Waals surface area (Å²) in [7, 11) is 0. The monoisotopic (exact) mass is 260 g/mol. The lowest BCUT2D eigenvalue weighted by Crippen LogP contribution is -2.51. The van der Waals surface area contributed by atoms with E-state index in [0.717, 1.165) is 22.3 Å². The maximum Gasteiger partial charge on any atom is 0.160 e. The molecule has 1 aliphatic carbocycles. The first-order valence-corrected chi connectivity index (χ1v) is 6.83. The van der Waals surface area contributed by atoms with Crippen molar-refractivity contribution in [2.75, 3.05) is 0 Å². The predicted molar refractivity (Wildman–Crippen MR) is 77.9 cm³/mol. The van der Waals surface area contributed by atoms with Gasteiger partial charge in [-0.25, -0.2) is 0 Å². The fraction of sp³-hybridized carbons (Fsp3) is 0.588. The zero-order valence-electron chi connectivity index (χ0n) is 13.0. The second-order valence-corrected chi connectivity index (χ2v) is 7.09. The number of aliphatic hydroxyl groups is 1. The van der Waals surface area contributed by atoms with Gasteiger partial charge < -0.3 is 5.11 Å². The molecule has 2 nitrogen and oxygen atoms in total. The van der Waals surface area contributed by atoms with Crippen LogP contribution < -0.4 is 0 Å². The number of fused-ring (bicyclic) bond motifs is 1. The SMILES string of the molecule is CC(=O)c1cc2c(cc1C)C(C)(C)C(C)(O)C2(C)C. The Morgan fingerprint density at radius 1 is 1.00 bits per heavy atom. The van der Waals surface area contributed by atoms with Gasteiger partial charge in [-0.2, -0.15) is 0 Å². The van der Waals surface area contributed by atoms with Crippen molar-refractivity contribution < 1.29 is 9.90 Å². The van der Waals surface area contributed by atoms with Gasteiger partial charge in [-0.05, 0) is 43.5 Å². The van der Waals surface area contributed by atoms with Gasteiger partial charge in [0, 0.05) is 16.4 Å². The Morgan fingerprint density at radius 3 is 1.84 bits per heavy atom. The highest BCUT2D eigenvalue weighted by molar-refractivity contribution is 5.96. The van der Waals surface area contributed by atoms with E-state index in [0.29, 0.717) is 0 Å². The van der Waals surface area contributed by atoms with E-state index in [-0.39, 0.29) is 16.6 Å². The molecule has 0 aromatic heterocycles. The van der Waals surface area contributed by atoms with Crippen LogP contribution in [0.4, 0.5) is 0 Å². The molecule has 1 aromatic rings. The lowest BCUT2D eigenvalue weighted by Gasteiger charge is -2.42. The zero-order chi connectivity index (χ0) is 14.8. The molecule has 0 saturated heterocycles. The molecule has 19 heavy (non-hydrogen) atoms. The fourth-order valence-corrected chi connectivity index (χ4v) is 3.43. The quantitative estimate of drug-likeness (QED) is 0.784. The first-order chi connectivity index (χ1) is 8.44. The molecule has 1 N–H and O–H groups in total. The molecule has 0 saturated carbocycles. The minimum Gasteiger partial charge on any atom is -0.388 e. The summed E-state index contributed by atoms with van der Waals surface area (Å²) in [6.07, 6.45) is 0. The van der Waals surface area contributed by atoms with E-state index in [1.807, 2.05) is 19.9 Å². The van der Waals surface area contributed by atoms with Crippen LogP contribution in [0.15, 0.2) is 12.1 Å². The second-order valence-electron chi connectivity index (χ2n) is 7.09. The lowest BCUT2D eigenvalue weighted by molar-refractivity contribution is -0.0497. The van der Waals surface area contributed by atoms with Crippen molar-refractivity contribution in [2.24, 2.45) is 0 Å². The van der Waals surface area contributed by atoms with Crippen molar-refractivity contribution in [2.45, 2.75) is 64.9 Å². The maximum atomic E-state index is 11.7. The van der Waals surface area contributed by atoms with Crippen molar-refractivity contribution in [1.82, 2.24) is 0 Å². The van der Waals surface area contributed by atoms with Crippen LogP contribution in [0.1, 0.15) is 68.6 Å². The van der Waals surface area contributed by atoms with E-state index in [1.165, 1.54) is 0 Å². The Bertz CT molecular complexity index is 563. The molecule has 0 radical (unpaired) electrons. The Balaban J connectivity index is 2.83. The number of hydrogen-bond acceptors (Lipinski definition) is 2. The topological polar surface area (TPSA) is 37.3 Å². The van der Waals surface area contributed by atoms with Gasteiger partial charge in [-0.3, -0.25) is 4.79 Å². The van der Waals surface area contributed by atoms with E-state index in [9.17, 15) is 9.90 Å². The number of carbonyl (C=O) groups is 1. The third-order valence-corrected chi connectivity index (χ3v) is 5.52. The first kappa shape index (κ1) is 14.3. The number of rotatable bonds is 1. The zero-order valence-corrected chi connectivity index (χ0v) is 13.0. The Hall–Kier alpha value is -1.15. The van der Waals surface area contributed by atoms with Gasteiger partial charge in [0.15, 0.2) is 5.78 Å². The molecule has 1 aliphatic rings. The highest BCUT2D eigenvalue weighted by Gasteiger charge is 2.59. The van der Waals surface area contributed by atoms with Crippen molar-refractivity contribution in [3.05, 3.63) is 34.4 Å². The molecule has 1 unspecified atom stereocenters. The van der Waals surface area contributed by atoms with Gasteiger partial charge in [0.2, 0.25) is 0 Å². The van der Waals surface area contributed by atoms with Gasteiger partial charge in [0.1, 0.15) is 0 Å². The largest absolute Gasteiger partial charge is 0.388 e. The summed E-state index contributed by atoms with van der Waals surface area (Å²) < 4.78 is 0. The summed E-state index contributed by atoms with van der Waals surface area (Å²) in [6, 6.07) is 4.06. The van der Waals surface area contributed by atoms with E-state index >= 15 is 0 Å². The van der Waals surface area contributed by atoms with Crippen LogP contribution >= 0.6 is 0 Å². The number of ketones is 1. The minimum atomic E-state index is -0.843. The van der Waals surface area contributed by atoms with Crippen LogP contribution in [-0.4, -0.2) is 16.5 Å². The van der Waals surface area contributed by atoms with E-state index in [2.05, 4.69) is 33.8 Å². The molecule has 2 heteroatoms. The molecular formula is C17H24O2. The third kappa shape index (κ3) is 1.56. The summed E-state index contributed by atoms with van der Waals surface area (Å²) in [5.74, 6) is 0.0837. The Kier molecular flexibility index (Phi) is 2.77. The highest BCUT2D eigenvalue weighted by atomic mass is 16.3. The lowest BCUT2D eigenvalue weighted by atomic mass is 9.67. The molecule has 1 aromatic carbocycles. The van der Waals surface area contributed by atoms with Crippen LogP contribution in [0.25, 0.3) is 0 Å². The van der Waals surface area contributed by atoms with Gasteiger partial charge in [-0.1, -0.05) is 33.8 Å². The summed E-state index contributed by atoms with van der Waals surface area (Å²) in [6.45, 7) is 13.7. The number of hydrogen-bond donors (Lipinski definition) is 1. The molecule has 0 bridgehead atoms. The predicted octanol–water partition coefficient (Wildman–Crippen LogP) is 3.52. The Morgan fingerprint density at radius 2 is 1.42 bits per heavy atom. The fourth-order valence-electron chi connectivity index (χ4n) is 3.43. The van der Waals surface area contributed by atoms with Crippen molar-refractivity contribution in [3.63, 3.8) is 0 Å². The summed E-state index contributed by atoms with van der Waals surface area (Å²) in [5, 5.41) is 11.0. The molecule has 0 spiro atoms.